The van der Waals surface area contributed by atoms with Crippen molar-refractivity contribution in [2.45, 2.75) is 148 Å². The molecule has 35 heavy (non-hydrogen) atoms. The van der Waals surface area contributed by atoms with Gasteiger partial charge in [0.15, 0.2) is 0 Å². The Balaban J connectivity index is 1.85. The van der Waals surface area contributed by atoms with Crippen LogP contribution in [0.25, 0.3) is 0 Å². The first-order valence-corrected chi connectivity index (χ1v) is 15.4. The third-order valence-electron chi connectivity index (χ3n) is 7.87. The van der Waals surface area contributed by atoms with Crippen molar-refractivity contribution >= 4 is 0 Å². The van der Waals surface area contributed by atoms with Crippen LogP contribution in [0.1, 0.15) is 147 Å². The minimum atomic E-state index is 0.607. The lowest BCUT2D eigenvalue weighted by Crippen LogP contribution is -2.42. The summed E-state index contributed by atoms with van der Waals surface area (Å²) in [6, 6.07) is 11.8. The van der Waals surface area contributed by atoms with Crippen molar-refractivity contribution in [1.29, 1.82) is 0 Å². The molecular formula is C33H57N2+. The van der Waals surface area contributed by atoms with Gasteiger partial charge in [-0.05, 0) is 31.2 Å². The number of unbranched alkanes of at least 4 members (excludes halogenated alkanes) is 15. The van der Waals surface area contributed by atoms with Crippen molar-refractivity contribution < 1.29 is 4.57 Å². The molecule has 0 saturated carbocycles. The highest BCUT2D eigenvalue weighted by Gasteiger charge is 2.26. The fourth-order valence-corrected chi connectivity index (χ4v) is 5.69. The second-order valence-corrected chi connectivity index (χ2v) is 11.0. The van der Waals surface area contributed by atoms with Crippen molar-refractivity contribution in [2.24, 2.45) is 5.92 Å². The van der Waals surface area contributed by atoms with Gasteiger partial charge < -0.3 is 0 Å². The summed E-state index contributed by atoms with van der Waals surface area (Å²) < 4.78 is 2.49. The molecule has 0 fully saturated rings. The molecule has 2 aromatic rings. The summed E-state index contributed by atoms with van der Waals surface area (Å²) in [7, 11) is 0. The van der Waals surface area contributed by atoms with E-state index in [1.807, 2.05) is 0 Å². The molecule has 2 rings (SSSR count). The Bertz CT molecular complexity index is 678. The Morgan fingerprint density at radius 1 is 0.629 bits per heavy atom. The van der Waals surface area contributed by atoms with E-state index in [0.717, 1.165) is 0 Å². The first-order valence-electron chi connectivity index (χ1n) is 15.4. The lowest BCUT2D eigenvalue weighted by Gasteiger charge is -2.25. The smallest absolute Gasteiger partial charge is 0.241 e. The van der Waals surface area contributed by atoms with E-state index in [-0.39, 0.29) is 0 Å². The first kappa shape index (κ1) is 29.7. The van der Waals surface area contributed by atoms with Crippen LogP contribution in [0.5, 0.6) is 0 Å². The van der Waals surface area contributed by atoms with Crippen LogP contribution >= 0.6 is 0 Å². The van der Waals surface area contributed by atoms with Gasteiger partial charge in [-0.1, -0.05) is 147 Å². The number of H-pyrrole nitrogens is 1. The van der Waals surface area contributed by atoms with Crippen LogP contribution in [0.4, 0.5) is 0 Å². The highest BCUT2D eigenvalue weighted by atomic mass is 15.1. The molecule has 0 amide bonds. The zero-order valence-corrected chi connectivity index (χ0v) is 23.4. The van der Waals surface area contributed by atoms with Crippen LogP contribution in [0.2, 0.25) is 0 Å². The first-order chi connectivity index (χ1) is 17.3. The number of aromatic nitrogens is 2. The molecule has 0 aliphatic rings. The summed E-state index contributed by atoms with van der Waals surface area (Å²) in [5.41, 5.74) is 1.50. The van der Waals surface area contributed by atoms with Gasteiger partial charge in [0, 0.05) is 5.92 Å². The largest absolute Gasteiger partial charge is 0.250 e. The molecule has 2 heteroatoms. The molecule has 1 aromatic carbocycles. The minimum Gasteiger partial charge on any atom is -0.250 e. The summed E-state index contributed by atoms with van der Waals surface area (Å²) in [6.07, 6.45) is 34.3. The maximum atomic E-state index is 3.33. The maximum absolute atomic E-state index is 3.33. The van der Waals surface area contributed by atoms with E-state index in [9.17, 15) is 0 Å². The summed E-state index contributed by atoms with van der Waals surface area (Å²) in [5, 5.41) is 0. The zero-order valence-electron chi connectivity index (χ0n) is 23.4. The third kappa shape index (κ3) is 13.9. The Labute approximate surface area is 218 Å². The molecule has 2 atom stereocenters. The van der Waals surface area contributed by atoms with Crippen molar-refractivity contribution in [3.05, 3.63) is 54.6 Å². The summed E-state index contributed by atoms with van der Waals surface area (Å²) in [5.74, 6) is 0.715. The van der Waals surface area contributed by atoms with Crippen LogP contribution in [-0.2, 0) is 6.42 Å². The van der Waals surface area contributed by atoms with Crippen molar-refractivity contribution in [2.75, 3.05) is 0 Å². The molecule has 1 heterocycles. The van der Waals surface area contributed by atoms with Gasteiger partial charge in [0.25, 0.3) is 0 Å². The molecule has 0 saturated heterocycles. The van der Waals surface area contributed by atoms with E-state index < -0.39 is 0 Å². The summed E-state index contributed by atoms with van der Waals surface area (Å²) in [6.45, 7) is 4.61. The summed E-state index contributed by atoms with van der Waals surface area (Å²) in [4.78, 5) is 3.33. The third-order valence-corrected chi connectivity index (χ3v) is 7.87. The van der Waals surface area contributed by atoms with Gasteiger partial charge in [-0.3, -0.25) is 4.98 Å². The lowest BCUT2D eigenvalue weighted by atomic mass is 9.84. The average molecular weight is 482 g/mol. The van der Waals surface area contributed by atoms with Gasteiger partial charge in [-0.25, -0.2) is 4.57 Å². The fourth-order valence-electron chi connectivity index (χ4n) is 5.69. The van der Waals surface area contributed by atoms with Crippen LogP contribution in [-0.4, -0.2) is 4.98 Å². The molecule has 0 bridgehead atoms. The number of benzene rings is 1. The Hall–Kier alpha value is -1.57. The van der Waals surface area contributed by atoms with E-state index in [4.69, 9.17) is 0 Å². The van der Waals surface area contributed by atoms with Gasteiger partial charge in [-0.15, -0.1) is 0 Å². The van der Waals surface area contributed by atoms with Crippen molar-refractivity contribution in [1.82, 2.24) is 4.98 Å². The van der Waals surface area contributed by atoms with Crippen molar-refractivity contribution in [3.8, 4) is 0 Å². The monoisotopic (exact) mass is 481 g/mol. The van der Waals surface area contributed by atoms with Gasteiger partial charge >= 0.3 is 0 Å². The quantitative estimate of drug-likeness (QED) is 0.120. The molecule has 0 aliphatic carbocycles. The van der Waals surface area contributed by atoms with Crippen LogP contribution in [0, 0.1) is 5.92 Å². The predicted molar refractivity (Wildman–Crippen MR) is 153 cm³/mol. The van der Waals surface area contributed by atoms with Crippen LogP contribution in [0.3, 0.4) is 0 Å². The van der Waals surface area contributed by atoms with Gasteiger partial charge in [0.05, 0.1) is 0 Å². The average Bonchev–Trinajstić information content (AvgIpc) is 3.41. The van der Waals surface area contributed by atoms with E-state index in [2.05, 4.69) is 72.5 Å². The number of imidazole rings is 1. The zero-order chi connectivity index (χ0) is 24.8. The predicted octanol–water partition coefficient (Wildman–Crippen LogP) is 10.2. The number of nitrogens with one attached hydrogen (secondary N) is 1. The number of rotatable bonds is 23. The van der Waals surface area contributed by atoms with Gasteiger partial charge in [-0.2, -0.15) is 0 Å². The molecule has 0 spiro atoms. The normalized spacial score (nSPS) is 13.2. The lowest BCUT2D eigenvalue weighted by molar-refractivity contribution is -0.730. The van der Waals surface area contributed by atoms with Crippen LogP contribution in [0.15, 0.2) is 49.1 Å². The summed E-state index contributed by atoms with van der Waals surface area (Å²) >= 11 is 0. The Morgan fingerprint density at radius 3 is 1.66 bits per heavy atom. The Morgan fingerprint density at radius 2 is 1.14 bits per heavy atom. The van der Waals surface area contributed by atoms with Gasteiger partial charge in [0.1, 0.15) is 18.4 Å². The topological polar surface area (TPSA) is 19.7 Å². The maximum Gasteiger partial charge on any atom is 0.241 e. The van der Waals surface area contributed by atoms with Gasteiger partial charge in [0.2, 0.25) is 6.33 Å². The number of aromatic amines is 1. The second-order valence-electron chi connectivity index (χ2n) is 11.0. The standard InChI is InChI=1S/C33H56N2/c1-3-5-7-9-11-13-15-17-22-26-33(35-28-27-34-30-35)32(29-31-23-19-18-20-24-31)25-21-16-14-12-10-8-6-4-2/h18-20,23-24,27-28,30,32-33H,3-17,21-22,25-26,29H2,1-2H3/p+1. The van der Waals surface area contributed by atoms with E-state index >= 15 is 0 Å². The molecule has 2 nitrogen and oxygen atoms in total. The molecule has 1 N–H and O–H groups in total. The number of hydrogen-bond acceptors (Lipinski definition) is 0. The van der Waals surface area contributed by atoms with E-state index in [1.165, 1.54) is 134 Å². The molecular weight excluding hydrogens is 424 g/mol. The molecule has 198 valence electrons. The fraction of sp³-hybridized carbons (Fsp3) is 0.727. The van der Waals surface area contributed by atoms with E-state index in [1.54, 1.807) is 0 Å². The number of hydrogen-bond donors (Lipinski definition) is 1. The molecule has 0 radical (unpaired) electrons. The minimum absolute atomic E-state index is 0.607. The number of nitrogens with zero attached hydrogens (tertiary/aromatic N) is 1. The highest BCUT2D eigenvalue weighted by Crippen LogP contribution is 2.29. The SMILES string of the molecule is CCCCCCCCCCCC(C(CCCCCCCCCC)Cc1ccccc1)[n+]1cc[nH]c1. The second kappa shape index (κ2) is 20.6. The molecule has 0 aliphatic heterocycles. The van der Waals surface area contributed by atoms with E-state index in [0.29, 0.717) is 12.0 Å². The van der Waals surface area contributed by atoms with Crippen LogP contribution < -0.4 is 4.57 Å². The Kier molecular flexibility index (Phi) is 17.5. The van der Waals surface area contributed by atoms with Crippen molar-refractivity contribution in [3.63, 3.8) is 0 Å². The molecule has 1 aromatic heterocycles. The highest BCUT2D eigenvalue weighted by molar-refractivity contribution is 5.15. The molecule has 2 unspecified atom stereocenters.